The van der Waals surface area contributed by atoms with Crippen molar-refractivity contribution in [3.05, 3.63) is 34.6 Å². The van der Waals surface area contributed by atoms with E-state index in [0.717, 1.165) is 18.0 Å². The highest BCUT2D eigenvalue weighted by Crippen LogP contribution is 2.17. The molecule has 1 saturated heterocycles. The van der Waals surface area contributed by atoms with Crippen molar-refractivity contribution in [2.75, 3.05) is 46.3 Å². The normalized spacial score (nSPS) is 16.7. The summed E-state index contributed by atoms with van der Waals surface area (Å²) in [6.07, 6.45) is 0. The summed E-state index contributed by atoms with van der Waals surface area (Å²) >= 11 is 6.11. The summed E-state index contributed by atoms with van der Waals surface area (Å²) in [4.78, 5) is 28.4. The van der Waals surface area contributed by atoms with Crippen LogP contribution in [0.2, 0.25) is 5.02 Å². The van der Waals surface area contributed by atoms with Crippen LogP contribution in [-0.2, 0) is 16.1 Å². The second-order valence-electron chi connectivity index (χ2n) is 8.62. The first kappa shape index (κ1) is 22.6. The van der Waals surface area contributed by atoms with Gasteiger partial charge in [0, 0.05) is 5.54 Å². The first-order valence-electron chi connectivity index (χ1n) is 9.71. The molecule has 8 heteroatoms. The summed E-state index contributed by atoms with van der Waals surface area (Å²) in [5.41, 5.74) is 0.259. The summed E-state index contributed by atoms with van der Waals surface area (Å²) in [5.74, 6) is -0.296. The topological polar surface area (TPSA) is 58.3 Å². The van der Waals surface area contributed by atoms with Crippen LogP contribution >= 0.6 is 11.6 Å². The number of nitrogens with zero attached hydrogens (tertiary/aromatic N) is 1. The van der Waals surface area contributed by atoms with E-state index in [4.69, 9.17) is 11.6 Å². The zero-order valence-electron chi connectivity index (χ0n) is 17.2. The molecule has 1 aliphatic rings. The van der Waals surface area contributed by atoms with Crippen molar-refractivity contribution in [1.29, 1.82) is 0 Å². The third-order valence-corrected chi connectivity index (χ3v) is 5.10. The summed E-state index contributed by atoms with van der Waals surface area (Å²) in [6.45, 7) is 9.62. The molecule has 156 valence electrons. The molecule has 1 aromatic rings. The number of amides is 2. The molecule has 1 aliphatic heterocycles. The molecule has 0 bridgehead atoms. The molecule has 6 nitrogen and oxygen atoms in total. The van der Waals surface area contributed by atoms with Crippen LogP contribution in [0.15, 0.2) is 18.2 Å². The molecule has 0 radical (unpaired) electrons. The van der Waals surface area contributed by atoms with Gasteiger partial charge in [0.05, 0.1) is 43.8 Å². The Bertz CT molecular complexity index is 680. The Balaban J connectivity index is 1.78. The van der Waals surface area contributed by atoms with E-state index < -0.39 is 0 Å². The maximum absolute atomic E-state index is 14.0. The van der Waals surface area contributed by atoms with Gasteiger partial charge in [-0.05, 0) is 32.9 Å². The standard InChI is InChI=1S/C20H30ClFN4O2/c1-20(2,3)23-18(27)13-24(4)14-19(28)26-10-8-25(9-11-26)12-15-16(21)6-5-7-17(15)22/h5-7H,8-14H2,1-4H3,(H,23,27)/p+2. The van der Waals surface area contributed by atoms with Crippen LogP contribution in [0.4, 0.5) is 4.39 Å². The van der Waals surface area contributed by atoms with Crippen molar-refractivity contribution < 1.29 is 23.8 Å². The molecule has 0 spiro atoms. The van der Waals surface area contributed by atoms with Crippen molar-refractivity contribution in [2.45, 2.75) is 32.9 Å². The van der Waals surface area contributed by atoms with Crippen LogP contribution in [0.5, 0.6) is 0 Å². The highest BCUT2D eigenvalue weighted by Gasteiger charge is 2.27. The largest absolute Gasteiger partial charge is 0.347 e. The molecular formula is C20H32ClFN4O2+2. The second-order valence-corrected chi connectivity index (χ2v) is 9.02. The maximum Gasteiger partial charge on any atom is 0.278 e. The Kier molecular flexibility index (Phi) is 7.80. The molecule has 1 unspecified atom stereocenters. The summed E-state index contributed by atoms with van der Waals surface area (Å²) < 4.78 is 14.0. The molecule has 0 saturated carbocycles. The number of halogens is 2. The summed E-state index contributed by atoms with van der Waals surface area (Å²) in [5, 5.41) is 3.36. The number of carbonyl (C=O) groups is 2. The zero-order valence-corrected chi connectivity index (χ0v) is 18.0. The van der Waals surface area contributed by atoms with E-state index in [2.05, 4.69) is 5.32 Å². The Morgan fingerprint density at radius 3 is 2.46 bits per heavy atom. The van der Waals surface area contributed by atoms with Crippen molar-refractivity contribution in [2.24, 2.45) is 0 Å². The van der Waals surface area contributed by atoms with E-state index in [-0.39, 0.29) is 36.3 Å². The fourth-order valence-corrected chi connectivity index (χ4v) is 3.60. The number of carbonyl (C=O) groups excluding carboxylic acids is 2. The van der Waals surface area contributed by atoms with Gasteiger partial charge in [0.25, 0.3) is 11.8 Å². The van der Waals surface area contributed by atoms with Crippen LogP contribution in [0.25, 0.3) is 0 Å². The Morgan fingerprint density at radius 1 is 1.25 bits per heavy atom. The van der Waals surface area contributed by atoms with E-state index in [1.54, 1.807) is 12.1 Å². The van der Waals surface area contributed by atoms with E-state index in [0.29, 0.717) is 30.2 Å². The molecule has 1 fully saturated rings. The second kappa shape index (κ2) is 9.67. The third kappa shape index (κ3) is 7.04. The number of benzene rings is 1. The summed E-state index contributed by atoms with van der Waals surface area (Å²) in [7, 11) is 1.85. The van der Waals surface area contributed by atoms with Gasteiger partial charge in [-0.25, -0.2) is 4.39 Å². The molecule has 0 aromatic heterocycles. The Morgan fingerprint density at radius 2 is 1.89 bits per heavy atom. The molecule has 2 rings (SSSR count). The van der Waals surface area contributed by atoms with Gasteiger partial charge in [0.1, 0.15) is 12.4 Å². The van der Waals surface area contributed by atoms with Gasteiger partial charge in [0.15, 0.2) is 13.1 Å². The zero-order chi connectivity index (χ0) is 20.9. The van der Waals surface area contributed by atoms with Crippen LogP contribution in [-0.4, -0.2) is 68.6 Å². The van der Waals surface area contributed by atoms with Crippen molar-refractivity contribution in [3.8, 4) is 0 Å². The number of quaternary nitrogens is 2. The lowest BCUT2D eigenvalue weighted by Gasteiger charge is -2.32. The average molecular weight is 415 g/mol. The van der Waals surface area contributed by atoms with E-state index in [1.165, 1.54) is 11.0 Å². The van der Waals surface area contributed by atoms with Gasteiger partial charge in [-0.3, -0.25) is 9.59 Å². The lowest BCUT2D eigenvalue weighted by molar-refractivity contribution is -0.918. The fraction of sp³-hybridized carbons (Fsp3) is 0.600. The predicted molar refractivity (Wildman–Crippen MR) is 107 cm³/mol. The number of piperazine rings is 1. The average Bonchev–Trinajstić information content (AvgIpc) is 2.56. The molecule has 1 aromatic carbocycles. The number of rotatable bonds is 6. The van der Waals surface area contributed by atoms with E-state index in [1.807, 2.05) is 32.7 Å². The SMILES string of the molecule is C[NH+](CC(=O)NC(C)(C)C)CC(=O)N1CC[NH+](Cc2c(F)cccc2Cl)CC1. The predicted octanol–water partition coefficient (Wildman–Crippen LogP) is -0.864. The van der Waals surface area contributed by atoms with Gasteiger partial charge < -0.3 is 20.0 Å². The van der Waals surface area contributed by atoms with Crippen molar-refractivity contribution in [1.82, 2.24) is 10.2 Å². The first-order chi connectivity index (χ1) is 13.0. The monoisotopic (exact) mass is 414 g/mol. The van der Waals surface area contributed by atoms with Gasteiger partial charge in [-0.2, -0.15) is 0 Å². The van der Waals surface area contributed by atoms with Crippen LogP contribution < -0.4 is 15.1 Å². The number of likely N-dealkylation sites (N-methyl/N-ethyl adjacent to an activating group) is 1. The minimum Gasteiger partial charge on any atom is -0.347 e. The molecule has 0 aliphatic carbocycles. The third-order valence-electron chi connectivity index (χ3n) is 4.74. The van der Waals surface area contributed by atoms with Crippen molar-refractivity contribution >= 4 is 23.4 Å². The fourth-order valence-electron chi connectivity index (χ4n) is 3.37. The van der Waals surface area contributed by atoms with Crippen molar-refractivity contribution in [3.63, 3.8) is 0 Å². The molecule has 1 atom stereocenters. The van der Waals surface area contributed by atoms with Gasteiger partial charge in [0.2, 0.25) is 0 Å². The van der Waals surface area contributed by atoms with Gasteiger partial charge in [-0.1, -0.05) is 17.7 Å². The van der Waals surface area contributed by atoms with Gasteiger partial charge >= 0.3 is 0 Å². The molecule has 1 heterocycles. The number of nitrogens with one attached hydrogen (secondary N) is 3. The Labute approximate surface area is 171 Å². The van der Waals surface area contributed by atoms with Crippen LogP contribution in [0.1, 0.15) is 26.3 Å². The van der Waals surface area contributed by atoms with Crippen LogP contribution in [0.3, 0.4) is 0 Å². The molecule has 3 N–H and O–H groups in total. The summed E-state index contributed by atoms with van der Waals surface area (Å²) in [6, 6.07) is 4.73. The molecular weight excluding hydrogens is 383 g/mol. The number of hydrogen-bond donors (Lipinski definition) is 3. The highest BCUT2D eigenvalue weighted by molar-refractivity contribution is 6.31. The smallest absolute Gasteiger partial charge is 0.278 e. The highest BCUT2D eigenvalue weighted by atomic mass is 35.5. The maximum atomic E-state index is 14.0. The quantitative estimate of drug-likeness (QED) is 0.567. The first-order valence-corrected chi connectivity index (χ1v) is 10.1. The minimum atomic E-state index is -0.280. The van der Waals surface area contributed by atoms with Gasteiger partial charge in [-0.15, -0.1) is 0 Å². The minimum absolute atomic E-state index is 0.0454. The Hall–Kier alpha value is -1.70. The molecule has 2 amide bonds. The number of hydrogen-bond acceptors (Lipinski definition) is 2. The lowest BCUT2D eigenvalue weighted by atomic mass is 10.1. The lowest BCUT2D eigenvalue weighted by Crippen LogP contribution is -3.14. The molecule has 28 heavy (non-hydrogen) atoms. The van der Waals surface area contributed by atoms with Crippen LogP contribution in [0, 0.1) is 5.82 Å². The van der Waals surface area contributed by atoms with E-state index >= 15 is 0 Å². The van der Waals surface area contributed by atoms with E-state index in [9.17, 15) is 14.0 Å².